The van der Waals surface area contributed by atoms with Crippen LogP contribution in [0, 0.1) is 0 Å². The lowest BCUT2D eigenvalue weighted by molar-refractivity contribution is 0.0746. The average molecular weight is 428 g/mol. The van der Waals surface area contributed by atoms with E-state index in [1.165, 1.54) is 0 Å². The maximum atomic E-state index is 12.8. The Morgan fingerprint density at radius 3 is 2.40 bits per heavy atom. The summed E-state index contributed by atoms with van der Waals surface area (Å²) in [7, 11) is 3.25. The summed E-state index contributed by atoms with van der Waals surface area (Å²) in [5.41, 5.74) is 1.49. The Kier molecular flexibility index (Phi) is 5.94. The molecule has 158 valence electrons. The highest BCUT2D eigenvalue weighted by atomic mass is 32.1. The molecule has 1 amide bonds. The van der Waals surface area contributed by atoms with Crippen molar-refractivity contribution in [3.63, 3.8) is 0 Å². The highest BCUT2D eigenvalue weighted by Gasteiger charge is 2.25. The Bertz CT molecular complexity index is 1030. The molecular weight excluding hydrogens is 402 g/mol. The monoisotopic (exact) mass is 427 g/mol. The van der Waals surface area contributed by atoms with Gasteiger partial charge in [-0.25, -0.2) is 4.98 Å². The average Bonchev–Trinajstić information content (AvgIpc) is 3.23. The van der Waals surface area contributed by atoms with E-state index >= 15 is 0 Å². The predicted molar refractivity (Wildman–Crippen MR) is 118 cm³/mol. The number of methoxy groups -OCH3 is 2. The van der Waals surface area contributed by atoms with Gasteiger partial charge in [0, 0.05) is 31.7 Å². The van der Waals surface area contributed by atoms with Crippen molar-refractivity contribution in [1.29, 1.82) is 0 Å². The van der Waals surface area contributed by atoms with Crippen LogP contribution in [0.3, 0.4) is 0 Å². The maximum Gasteiger partial charge on any atom is 0.253 e. The fourth-order valence-corrected chi connectivity index (χ4v) is 4.59. The van der Waals surface area contributed by atoms with Crippen LogP contribution in [0.25, 0.3) is 10.2 Å². The molecule has 0 aliphatic carbocycles. The number of carbonyl (C=O) groups excluding carboxylic acids is 1. The molecule has 7 nitrogen and oxygen atoms in total. The standard InChI is InChI=1S/C22H25N3O4S/c1-4-29-16-7-5-15(6-8-16)21(26)24-11-13-25(14-12-24)22-23-19-18(30-22)10-9-17(27-2)20(19)28-3/h5-10H,4,11-14H2,1-3H3. The third-order valence-corrected chi connectivity index (χ3v) is 6.22. The minimum Gasteiger partial charge on any atom is -0.494 e. The summed E-state index contributed by atoms with van der Waals surface area (Å²) >= 11 is 1.63. The van der Waals surface area contributed by atoms with Crippen molar-refractivity contribution in [3.05, 3.63) is 42.0 Å². The van der Waals surface area contributed by atoms with Gasteiger partial charge in [-0.15, -0.1) is 0 Å². The first kappa shape index (κ1) is 20.3. The van der Waals surface area contributed by atoms with Crippen LogP contribution in [0.15, 0.2) is 36.4 Å². The number of nitrogens with zero attached hydrogens (tertiary/aromatic N) is 3. The lowest BCUT2D eigenvalue weighted by Crippen LogP contribution is -2.48. The Hall–Kier alpha value is -3.00. The van der Waals surface area contributed by atoms with Crippen molar-refractivity contribution < 1.29 is 19.0 Å². The Labute approximate surface area is 179 Å². The van der Waals surface area contributed by atoms with Crippen LogP contribution < -0.4 is 19.1 Å². The second-order valence-corrected chi connectivity index (χ2v) is 7.89. The Morgan fingerprint density at radius 2 is 1.77 bits per heavy atom. The molecule has 1 aromatic heterocycles. The zero-order chi connectivity index (χ0) is 21.1. The summed E-state index contributed by atoms with van der Waals surface area (Å²) in [6, 6.07) is 11.2. The van der Waals surface area contributed by atoms with Crippen LogP contribution in [-0.2, 0) is 0 Å². The fraction of sp³-hybridized carbons (Fsp3) is 0.364. The SMILES string of the molecule is CCOc1ccc(C(=O)N2CCN(c3nc4c(OC)c(OC)ccc4s3)CC2)cc1. The van der Waals surface area contributed by atoms with E-state index in [0.717, 1.165) is 34.2 Å². The molecule has 0 bridgehead atoms. The van der Waals surface area contributed by atoms with Crippen molar-refractivity contribution in [2.24, 2.45) is 0 Å². The highest BCUT2D eigenvalue weighted by Crippen LogP contribution is 2.40. The van der Waals surface area contributed by atoms with Gasteiger partial charge in [0.1, 0.15) is 11.3 Å². The van der Waals surface area contributed by atoms with Gasteiger partial charge in [-0.2, -0.15) is 0 Å². The minimum absolute atomic E-state index is 0.0494. The van der Waals surface area contributed by atoms with Gasteiger partial charge in [-0.1, -0.05) is 11.3 Å². The topological polar surface area (TPSA) is 64.1 Å². The van der Waals surface area contributed by atoms with Gasteiger partial charge >= 0.3 is 0 Å². The first-order valence-electron chi connectivity index (χ1n) is 9.93. The summed E-state index contributed by atoms with van der Waals surface area (Å²) in [5, 5.41) is 0.935. The van der Waals surface area contributed by atoms with Crippen molar-refractivity contribution >= 4 is 32.6 Å². The molecule has 0 radical (unpaired) electrons. The van der Waals surface area contributed by atoms with Gasteiger partial charge in [0.2, 0.25) is 0 Å². The summed E-state index contributed by atoms with van der Waals surface area (Å²) in [5.74, 6) is 2.16. The number of thiazole rings is 1. The van der Waals surface area contributed by atoms with Gasteiger partial charge in [-0.3, -0.25) is 4.79 Å². The number of aromatic nitrogens is 1. The number of rotatable bonds is 6. The normalized spacial score (nSPS) is 14.1. The minimum atomic E-state index is 0.0494. The van der Waals surface area contributed by atoms with E-state index in [1.807, 2.05) is 48.2 Å². The van der Waals surface area contributed by atoms with Crippen LogP contribution >= 0.6 is 11.3 Å². The van der Waals surface area contributed by atoms with Crippen molar-refractivity contribution in [2.75, 3.05) is 51.9 Å². The van der Waals surface area contributed by atoms with E-state index in [-0.39, 0.29) is 5.91 Å². The van der Waals surface area contributed by atoms with Crippen molar-refractivity contribution in [3.8, 4) is 17.2 Å². The molecule has 4 rings (SSSR count). The van der Waals surface area contributed by atoms with Gasteiger partial charge in [-0.05, 0) is 43.3 Å². The number of piperazine rings is 1. The molecule has 1 fully saturated rings. The predicted octanol–water partition coefficient (Wildman–Crippen LogP) is 3.67. The van der Waals surface area contributed by atoms with Crippen LogP contribution in [0.2, 0.25) is 0 Å². The lowest BCUT2D eigenvalue weighted by Gasteiger charge is -2.34. The molecule has 1 aliphatic rings. The van der Waals surface area contributed by atoms with Crippen LogP contribution in [0.4, 0.5) is 5.13 Å². The molecule has 8 heteroatoms. The van der Waals surface area contributed by atoms with Crippen molar-refractivity contribution in [2.45, 2.75) is 6.92 Å². The van der Waals surface area contributed by atoms with Gasteiger partial charge in [0.15, 0.2) is 16.6 Å². The third-order valence-electron chi connectivity index (χ3n) is 5.14. The largest absolute Gasteiger partial charge is 0.494 e. The quantitative estimate of drug-likeness (QED) is 0.598. The molecular formula is C22H25N3O4S. The second-order valence-electron chi connectivity index (χ2n) is 6.88. The number of hydrogen-bond donors (Lipinski definition) is 0. The summed E-state index contributed by atoms with van der Waals surface area (Å²) < 4.78 is 17.4. The molecule has 0 saturated carbocycles. The van der Waals surface area contributed by atoms with Gasteiger partial charge in [0.05, 0.1) is 25.5 Å². The van der Waals surface area contributed by atoms with Crippen LogP contribution in [0.1, 0.15) is 17.3 Å². The van der Waals surface area contributed by atoms with Crippen LogP contribution in [0.5, 0.6) is 17.2 Å². The molecule has 2 aromatic carbocycles. The fourth-order valence-electron chi connectivity index (χ4n) is 3.58. The molecule has 1 aliphatic heterocycles. The summed E-state index contributed by atoms with van der Waals surface area (Å²) in [6.45, 7) is 5.34. The first-order valence-corrected chi connectivity index (χ1v) is 10.7. The van der Waals surface area contributed by atoms with Gasteiger partial charge in [0.25, 0.3) is 5.91 Å². The third kappa shape index (κ3) is 3.87. The van der Waals surface area contributed by atoms with E-state index < -0.39 is 0 Å². The molecule has 0 atom stereocenters. The number of ether oxygens (including phenoxy) is 3. The highest BCUT2D eigenvalue weighted by molar-refractivity contribution is 7.22. The number of anilines is 1. The molecule has 2 heterocycles. The summed E-state index contributed by atoms with van der Waals surface area (Å²) in [4.78, 5) is 21.7. The van der Waals surface area contributed by atoms with E-state index in [0.29, 0.717) is 36.8 Å². The second kappa shape index (κ2) is 8.79. The van der Waals surface area contributed by atoms with Crippen molar-refractivity contribution in [1.82, 2.24) is 9.88 Å². The zero-order valence-corrected chi connectivity index (χ0v) is 18.2. The van der Waals surface area contributed by atoms with Gasteiger partial charge < -0.3 is 24.0 Å². The first-order chi connectivity index (χ1) is 14.6. The maximum absolute atomic E-state index is 12.8. The molecule has 0 N–H and O–H groups in total. The Morgan fingerprint density at radius 1 is 1.03 bits per heavy atom. The molecule has 3 aromatic rings. The smallest absolute Gasteiger partial charge is 0.253 e. The summed E-state index contributed by atoms with van der Waals surface area (Å²) in [6.07, 6.45) is 0. The number of benzene rings is 2. The number of carbonyl (C=O) groups is 1. The number of hydrogen-bond acceptors (Lipinski definition) is 7. The van der Waals surface area contributed by atoms with E-state index in [4.69, 9.17) is 19.2 Å². The number of fused-ring (bicyclic) bond motifs is 1. The lowest BCUT2D eigenvalue weighted by atomic mass is 10.1. The van der Waals surface area contributed by atoms with E-state index in [9.17, 15) is 4.79 Å². The van der Waals surface area contributed by atoms with Crippen LogP contribution in [-0.4, -0.2) is 62.8 Å². The van der Waals surface area contributed by atoms with E-state index in [1.54, 1.807) is 25.6 Å². The Balaban J connectivity index is 1.44. The number of amides is 1. The molecule has 30 heavy (non-hydrogen) atoms. The molecule has 0 spiro atoms. The zero-order valence-electron chi connectivity index (χ0n) is 17.4. The van der Waals surface area contributed by atoms with E-state index in [2.05, 4.69) is 4.90 Å². The molecule has 1 saturated heterocycles. The molecule has 0 unspecified atom stereocenters.